The van der Waals surface area contributed by atoms with Gasteiger partial charge in [0.2, 0.25) is 11.8 Å². The van der Waals surface area contributed by atoms with E-state index in [0.29, 0.717) is 25.1 Å². The van der Waals surface area contributed by atoms with Crippen LogP contribution in [0.2, 0.25) is 0 Å². The first-order valence-electron chi connectivity index (χ1n) is 12.4. The molecule has 0 heterocycles. The van der Waals surface area contributed by atoms with Gasteiger partial charge in [0.15, 0.2) is 0 Å². The zero-order valence-corrected chi connectivity index (χ0v) is 23.6. The molecule has 3 rings (SSSR count). The van der Waals surface area contributed by atoms with Gasteiger partial charge in [-0.25, -0.2) is 4.79 Å². The molecule has 0 aromatic heterocycles. The van der Waals surface area contributed by atoms with Crippen LogP contribution in [0.15, 0.2) is 78.9 Å². The lowest BCUT2D eigenvalue weighted by Gasteiger charge is -2.21. The van der Waals surface area contributed by atoms with Gasteiger partial charge in [0, 0.05) is 9.26 Å². The molecule has 0 radical (unpaired) electrons. The van der Waals surface area contributed by atoms with E-state index in [1.54, 1.807) is 26.0 Å². The number of alkyl carbamates (subject to hydrolysis) is 1. The van der Waals surface area contributed by atoms with E-state index in [4.69, 9.17) is 9.47 Å². The maximum atomic E-state index is 12.8. The minimum absolute atomic E-state index is 0.0985. The number of hydrogen-bond acceptors (Lipinski definition) is 5. The molecule has 8 nitrogen and oxygen atoms in total. The molecule has 3 aromatic carbocycles. The van der Waals surface area contributed by atoms with Crippen LogP contribution in [0.25, 0.3) is 0 Å². The summed E-state index contributed by atoms with van der Waals surface area (Å²) in [5.74, 6) is -0.00634. The Kier molecular flexibility index (Phi) is 11.4. The standard InChI is InChI=1S/C29H32IN3O5/c1-3-25(32-28(35)26(4-2)33-29(36)38-19-20-8-6-5-7-9-20)27(34)31-23-14-10-21(11-15-23)18-37-24-16-12-22(30)13-17-24/h5-17,25-26H,3-4,18-19H2,1-2H3,(H,31,34)(H,32,35)(H,33,36)/t25-,26-/m0/s1. The number of ether oxygens (including phenoxy) is 2. The summed E-state index contributed by atoms with van der Waals surface area (Å²) in [4.78, 5) is 37.8. The summed E-state index contributed by atoms with van der Waals surface area (Å²) < 4.78 is 12.1. The van der Waals surface area contributed by atoms with Crippen LogP contribution in [-0.4, -0.2) is 30.0 Å². The second kappa shape index (κ2) is 15.0. The first kappa shape index (κ1) is 29.0. The second-order valence-electron chi connectivity index (χ2n) is 8.57. The molecule has 0 aliphatic rings. The van der Waals surface area contributed by atoms with Crippen molar-refractivity contribution in [2.75, 3.05) is 5.32 Å². The van der Waals surface area contributed by atoms with E-state index in [2.05, 4.69) is 38.5 Å². The molecule has 0 saturated carbocycles. The third kappa shape index (κ3) is 9.37. The lowest BCUT2D eigenvalue weighted by Crippen LogP contribution is -2.52. The predicted octanol–water partition coefficient (Wildman–Crippen LogP) is 5.41. The van der Waals surface area contributed by atoms with Gasteiger partial charge in [-0.2, -0.15) is 0 Å². The second-order valence-corrected chi connectivity index (χ2v) is 9.81. The van der Waals surface area contributed by atoms with Gasteiger partial charge in [0.05, 0.1) is 0 Å². The minimum Gasteiger partial charge on any atom is -0.489 e. The van der Waals surface area contributed by atoms with Crippen molar-refractivity contribution in [2.24, 2.45) is 0 Å². The van der Waals surface area contributed by atoms with Crippen LogP contribution >= 0.6 is 22.6 Å². The molecule has 0 fully saturated rings. The number of nitrogens with one attached hydrogen (secondary N) is 3. The SMILES string of the molecule is CC[C@H](NC(=O)OCc1ccccc1)C(=O)N[C@@H](CC)C(=O)Nc1ccc(COc2ccc(I)cc2)cc1. The van der Waals surface area contributed by atoms with Crippen molar-refractivity contribution in [1.82, 2.24) is 10.6 Å². The third-order valence-corrected chi connectivity index (χ3v) is 6.43. The van der Waals surface area contributed by atoms with Gasteiger partial charge >= 0.3 is 6.09 Å². The van der Waals surface area contributed by atoms with Crippen LogP contribution in [0.3, 0.4) is 0 Å². The fourth-order valence-corrected chi connectivity index (χ4v) is 3.86. The van der Waals surface area contributed by atoms with E-state index in [1.165, 1.54) is 0 Å². The number of carbonyl (C=O) groups is 3. The van der Waals surface area contributed by atoms with Crippen LogP contribution in [0.4, 0.5) is 10.5 Å². The molecule has 3 aromatic rings. The van der Waals surface area contributed by atoms with Gasteiger partial charge in [-0.15, -0.1) is 0 Å². The Morgan fingerprint density at radius 2 is 1.34 bits per heavy atom. The number of rotatable bonds is 12. The fraction of sp³-hybridized carbons (Fsp3) is 0.276. The molecular formula is C29H32IN3O5. The Balaban J connectivity index is 1.47. The van der Waals surface area contributed by atoms with Gasteiger partial charge in [-0.1, -0.05) is 56.3 Å². The van der Waals surface area contributed by atoms with E-state index in [9.17, 15) is 14.4 Å². The van der Waals surface area contributed by atoms with Crippen LogP contribution in [0.5, 0.6) is 5.75 Å². The van der Waals surface area contributed by atoms with Gasteiger partial charge in [-0.05, 0) is 83.0 Å². The highest BCUT2D eigenvalue weighted by Gasteiger charge is 2.25. The molecule has 9 heteroatoms. The zero-order valence-electron chi connectivity index (χ0n) is 21.4. The van der Waals surface area contributed by atoms with Crippen LogP contribution in [0.1, 0.15) is 37.8 Å². The lowest BCUT2D eigenvalue weighted by molar-refractivity contribution is -0.128. The molecule has 38 heavy (non-hydrogen) atoms. The highest BCUT2D eigenvalue weighted by atomic mass is 127. The minimum atomic E-state index is -0.826. The maximum absolute atomic E-state index is 12.8. The smallest absolute Gasteiger partial charge is 0.408 e. The fourth-order valence-electron chi connectivity index (χ4n) is 3.50. The van der Waals surface area contributed by atoms with Crippen LogP contribution in [-0.2, 0) is 27.5 Å². The normalized spacial score (nSPS) is 12.1. The lowest BCUT2D eigenvalue weighted by atomic mass is 10.1. The van der Waals surface area contributed by atoms with Crippen molar-refractivity contribution in [2.45, 2.75) is 52.0 Å². The molecule has 3 amide bonds. The molecule has 0 bridgehead atoms. The van der Waals surface area contributed by atoms with E-state index >= 15 is 0 Å². The Morgan fingerprint density at radius 3 is 1.97 bits per heavy atom. The first-order valence-corrected chi connectivity index (χ1v) is 13.5. The summed E-state index contributed by atoms with van der Waals surface area (Å²) >= 11 is 2.24. The summed E-state index contributed by atoms with van der Waals surface area (Å²) in [5, 5.41) is 8.13. The van der Waals surface area contributed by atoms with E-state index in [0.717, 1.165) is 20.4 Å². The largest absolute Gasteiger partial charge is 0.489 e. The quantitative estimate of drug-likeness (QED) is 0.233. The number of amides is 3. The number of carbonyl (C=O) groups excluding carboxylic acids is 3. The molecule has 0 unspecified atom stereocenters. The maximum Gasteiger partial charge on any atom is 0.408 e. The number of hydrogen-bond donors (Lipinski definition) is 3. The predicted molar refractivity (Wildman–Crippen MR) is 155 cm³/mol. The van der Waals surface area contributed by atoms with Gasteiger partial charge in [-0.3, -0.25) is 9.59 Å². The Morgan fingerprint density at radius 1 is 0.737 bits per heavy atom. The number of halogens is 1. The summed E-state index contributed by atoms with van der Waals surface area (Å²) in [5.41, 5.74) is 2.41. The van der Waals surface area contributed by atoms with Gasteiger partial charge in [0.25, 0.3) is 0 Å². The first-order chi connectivity index (χ1) is 18.4. The molecule has 0 aliphatic carbocycles. The van der Waals surface area contributed by atoms with Crippen molar-refractivity contribution in [3.8, 4) is 5.75 Å². The molecule has 2 atom stereocenters. The van der Waals surface area contributed by atoms with E-state index in [-0.39, 0.29) is 12.5 Å². The molecule has 0 aliphatic heterocycles. The molecule has 3 N–H and O–H groups in total. The Hall–Kier alpha value is -3.60. The van der Waals surface area contributed by atoms with E-state index in [1.807, 2.05) is 66.7 Å². The van der Waals surface area contributed by atoms with Crippen molar-refractivity contribution in [1.29, 1.82) is 0 Å². The third-order valence-electron chi connectivity index (χ3n) is 5.71. The number of anilines is 1. The monoisotopic (exact) mass is 629 g/mol. The summed E-state index contributed by atoms with van der Waals surface area (Å²) in [6.45, 7) is 4.08. The van der Waals surface area contributed by atoms with Crippen molar-refractivity contribution < 1.29 is 23.9 Å². The van der Waals surface area contributed by atoms with Crippen LogP contribution in [0, 0.1) is 3.57 Å². The summed E-state index contributed by atoms with van der Waals surface area (Å²) in [7, 11) is 0. The van der Waals surface area contributed by atoms with Crippen molar-refractivity contribution >= 4 is 46.2 Å². The van der Waals surface area contributed by atoms with Crippen LogP contribution < -0.4 is 20.7 Å². The van der Waals surface area contributed by atoms with Crippen molar-refractivity contribution in [3.05, 3.63) is 93.6 Å². The van der Waals surface area contributed by atoms with Gasteiger partial charge in [0.1, 0.15) is 31.0 Å². The number of benzene rings is 3. The molecular weight excluding hydrogens is 597 g/mol. The Labute approximate surface area is 236 Å². The summed E-state index contributed by atoms with van der Waals surface area (Å²) in [6.07, 6.45) is 0.0317. The summed E-state index contributed by atoms with van der Waals surface area (Å²) in [6, 6.07) is 22.8. The highest BCUT2D eigenvalue weighted by Crippen LogP contribution is 2.17. The van der Waals surface area contributed by atoms with Gasteiger partial charge < -0.3 is 25.4 Å². The molecule has 0 saturated heterocycles. The van der Waals surface area contributed by atoms with E-state index < -0.39 is 24.1 Å². The molecule has 0 spiro atoms. The average molecular weight is 629 g/mol. The Bertz CT molecular complexity index is 1190. The average Bonchev–Trinajstić information content (AvgIpc) is 2.94. The zero-order chi connectivity index (χ0) is 27.3. The highest BCUT2D eigenvalue weighted by molar-refractivity contribution is 14.1. The van der Waals surface area contributed by atoms with Crippen molar-refractivity contribution in [3.63, 3.8) is 0 Å². The molecule has 200 valence electrons. The topological polar surface area (TPSA) is 106 Å².